The van der Waals surface area contributed by atoms with Crippen molar-refractivity contribution in [2.75, 3.05) is 17.3 Å². The van der Waals surface area contributed by atoms with Crippen LogP contribution in [0.5, 0.6) is 0 Å². The Morgan fingerprint density at radius 2 is 1.71 bits per heavy atom. The molecule has 0 unspecified atom stereocenters. The van der Waals surface area contributed by atoms with Gasteiger partial charge in [-0.15, -0.1) is 5.10 Å². The van der Waals surface area contributed by atoms with Gasteiger partial charge in [0, 0.05) is 20.1 Å². The van der Waals surface area contributed by atoms with Gasteiger partial charge in [-0.25, -0.2) is 0 Å². The smallest absolute Gasteiger partial charge is 0.247 e. The highest BCUT2D eigenvalue weighted by Gasteiger charge is 2.07. The van der Waals surface area contributed by atoms with Crippen LogP contribution < -0.4 is 10.2 Å². The molecule has 0 aliphatic carbocycles. The molecular weight excluding hydrogens is 298 g/mol. The maximum atomic E-state index is 4.54. The van der Waals surface area contributed by atoms with Gasteiger partial charge in [0.15, 0.2) is 5.82 Å². The number of rotatable bonds is 6. The molecule has 1 heterocycles. The summed E-state index contributed by atoms with van der Waals surface area (Å²) in [6, 6.07) is 18.7. The molecule has 3 rings (SSSR count). The Hall–Kier alpha value is -2.95. The van der Waals surface area contributed by atoms with Crippen molar-refractivity contribution in [1.82, 2.24) is 15.2 Å². The summed E-state index contributed by atoms with van der Waals surface area (Å²) in [5, 5.41) is 11.5. The van der Waals surface area contributed by atoms with Gasteiger partial charge in [0.1, 0.15) is 0 Å². The van der Waals surface area contributed by atoms with E-state index in [0.717, 1.165) is 12.4 Å². The second-order valence-corrected chi connectivity index (χ2v) is 5.82. The first-order chi connectivity index (χ1) is 11.7. The lowest BCUT2D eigenvalue weighted by atomic mass is 10.1. The number of aryl methyl sites for hydroxylation is 1. The van der Waals surface area contributed by atoms with Crippen molar-refractivity contribution in [1.29, 1.82) is 0 Å². The van der Waals surface area contributed by atoms with E-state index in [0.29, 0.717) is 12.5 Å². The number of hydrogen-bond acceptors (Lipinski definition) is 5. The van der Waals surface area contributed by atoms with Gasteiger partial charge in [0.2, 0.25) is 5.95 Å². The third-order valence-corrected chi connectivity index (χ3v) is 3.75. The van der Waals surface area contributed by atoms with Gasteiger partial charge in [-0.3, -0.25) is 0 Å². The number of aromatic nitrogens is 3. The Labute approximate surface area is 142 Å². The lowest BCUT2D eigenvalue weighted by molar-refractivity contribution is 0.828. The normalized spacial score (nSPS) is 10.4. The van der Waals surface area contributed by atoms with E-state index < -0.39 is 0 Å². The number of nitrogens with one attached hydrogen (secondary N) is 1. The van der Waals surface area contributed by atoms with Gasteiger partial charge in [0.05, 0.1) is 6.20 Å². The first kappa shape index (κ1) is 15.9. The predicted molar refractivity (Wildman–Crippen MR) is 96.9 cm³/mol. The van der Waals surface area contributed by atoms with Gasteiger partial charge in [-0.2, -0.15) is 10.1 Å². The molecule has 0 saturated carbocycles. The number of nitrogens with zero attached hydrogens (tertiary/aromatic N) is 4. The molecule has 0 fully saturated rings. The molecule has 5 nitrogen and oxygen atoms in total. The van der Waals surface area contributed by atoms with E-state index >= 15 is 0 Å². The highest BCUT2D eigenvalue weighted by molar-refractivity contribution is 5.40. The van der Waals surface area contributed by atoms with Crippen LogP contribution in [0.15, 0.2) is 60.8 Å². The fourth-order valence-electron chi connectivity index (χ4n) is 2.37. The number of hydrogen-bond donors (Lipinski definition) is 1. The quantitative estimate of drug-likeness (QED) is 0.754. The lowest BCUT2D eigenvalue weighted by Crippen LogP contribution is -2.20. The van der Waals surface area contributed by atoms with Crippen molar-refractivity contribution < 1.29 is 0 Å². The largest absolute Gasteiger partial charge is 0.365 e. The molecule has 0 saturated heterocycles. The van der Waals surface area contributed by atoms with Crippen LogP contribution in [0, 0.1) is 6.92 Å². The third kappa shape index (κ3) is 4.29. The average molecular weight is 319 g/mol. The minimum atomic E-state index is 0.604. The zero-order valence-electron chi connectivity index (χ0n) is 14.0. The van der Waals surface area contributed by atoms with E-state index in [1.165, 1.54) is 16.7 Å². The number of benzene rings is 2. The van der Waals surface area contributed by atoms with Crippen LogP contribution in [0.2, 0.25) is 0 Å². The Morgan fingerprint density at radius 3 is 2.46 bits per heavy atom. The zero-order chi connectivity index (χ0) is 16.8. The molecule has 0 aliphatic heterocycles. The van der Waals surface area contributed by atoms with Gasteiger partial charge in [-0.05, 0) is 18.1 Å². The second-order valence-electron chi connectivity index (χ2n) is 5.82. The Kier molecular flexibility index (Phi) is 5.01. The van der Waals surface area contributed by atoms with Crippen LogP contribution >= 0.6 is 0 Å². The van der Waals surface area contributed by atoms with Crippen molar-refractivity contribution in [2.24, 2.45) is 0 Å². The van der Waals surface area contributed by atoms with E-state index in [2.05, 4.69) is 63.8 Å². The van der Waals surface area contributed by atoms with Crippen molar-refractivity contribution >= 4 is 11.8 Å². The average Bonchev–Trinajstić information content (AvgIpc) is 2.62. The first-order valence-electron chi connectivity index (χ1n) is 7.95. The molecule has 0 aliphatic rings. The van der Waals surface area contributed by atoms with Crippen LogP contribution in [0.25, 0.3) is 0 Å². The van der Waals surface area contributed by atoms with Crippen molar-refractivity contribution in [3.8, 4) is 0 Å². The van der Waals surface area contributed by atoms with E-state index in [4.69, 9.17) is 0 Å². The number of anilines is 2. The molecule has 2 aromatic carbocycles. The molecule has 1 N–H and O–H groups in total. The fraction of sp³-hybridized carbons (Fsp3) is 0.211. The monoisotopic (exact) mass is 319 g/mol. The van der Waals surface area contributed by atoms with E-state index in [-0.39, 0.29) is 0 Å². The molecular formula is C19H21N5. The molecule has 24 heavy (non-hydrogen) atoms. The van der Waals surface area contributed by atoms with E-state index in [1.54, 1.807) is 6.20 Å². The predicted octanol–water partition coefficient (Wildman–Crippen LogP) is 3.43. The van der Waals surface area contributed by atoms with Gasteiger partial charge >= 0.3 is 0 Å². The van der Waals surface area contributed by atoms with Crippen LogP contribution in [-0.4, -0.2) is 22.2 Å². The first-order valence-corrected chi connectivity index (χ1v) is 7.95. The molecule has 1 aromatic heterocycles. The standard InChI is InChI=1S/C19H21N5/c1-15-8-10-16(11-9-15)12-20-18-13-21-23-19(22-18)24(2)14-17-6-4-3-5-7-17/h3-11,13H,12,14H2,1-2H3,(H,20,22,23). The molecule has 0 atom stereocenters. The van der Waals surface area contributed by atoms with Crippen molar-refractivity contribution in [3.63, 3.8) is 0 Å². The Bertz CT molecular complexity index is 771. The molecule has 0 spiro atoms. The summed E-state index contributed by atoms with van der Waals surface area (Å²) in [5.41, 5.74) is 3.67. The molecule has 122 valence electrons. The van der Waals surface area contributed by atoms with Gasteiger partial charge in [-0.1, -0.05) is 60.2 Å². The summed E-state index contributed by atoms with van der Waals surface area (Å²) in [5.74, 6) is 1.33. The molecule has 0 radical (unpaired) electrons. The van der Waals surface area contributed by atoms with E-state index in [1.807, 2.05) is 30.1 Å². The summed E-state index contributed by atoms with van der Waals surface area (Å²) in [6.45, 7) is 3.53. The molecule has 3 aromatic rings. The maximum absolute atomic E-state index is 4.54. The molecule has 5 heteroatoms. The van der Waals surface area contributed by atoms with Gasteiger partial charge < -0.3 is 10.2 Å². The summed E-state index contributed by atoms with van der Waals surface area (Å²) < 4.78 is 0. The van der Waals surface area contributed by atoms with Crippen LogP contribution in [0.1, 0.15) is 16.7 Å². The SMILES string of the molecule is Cc1ccc(CNc2cnnc(N(C)Cc3ccccc3)n2)cc1. The van der Waals surface area contributed by atoms with E-state index in [9.17, 15) is 0 Å². The van der Waals surface area contributed by atoms with Crippen LogP contribution in [0.4, 0.5) is 11.8 Å². The maximum Gasteiger partial charge on any atom is 0.247 e. The van der Waals surface area contributed by atoms with Crippen molar-refractivity contribution in [2.45, 2.75) is 20.0 Å². The lowest BCUT2D eigenvalue weighted by Gasteiger charge is -2.17. The molecule has 0 amide bonds. The summed E-state index contributed by atoms with van der Waals surface area (Å²) >= 11 is 0. The van der Waals surface area contributed by atoms with Crippen LogP contribution in [0.3, 0.4) is 0 Å². The zero-order valence-corrected chi connectivity index (χ0v) is 14.0. The Morgan fingerprint density at radius 1 is 0.958 bits per heavy atom. The Balaban J connectivity index is 1.64. The highest BCUT2D eigenvalue weighted by Crippen LogP contribution is 2.12. The topological polar surface area (TPSA) is 53.9 Å². The third-order valence-electron chi connectivity index (χ3n) is 3.75. The highest BCUT2D eigenvalue weighted by atomic mass is 15.3. The minimum Gasteiger partial charge on any atom is -0.365 e. The molecule has 0 bridgehead atoms. The van der Waals surface area contributed by atoms with Crippen molar-refractivity contribution in [3.05, 3.63) is 77.5 Å². The summed E-state index contributed by atoms with van der Waals surface area (Å²) in [6.07, 6.45) is 1.65. The second kappa shape index (κ2) is 7.55. The summed E-state index contributed by atoms with van der Waals surface area (Å²) in [7, 11) is 1.97. The summed E-state index contributed by atoms with van der Waals surface area (Å²) in [4.78, 5) is 6.53. The van der Waals surface area contributed by atoms with Crippen LogP contribution in [-0.2, 0) is 13.1 Å². The fourth-order valence-corrected chi connectivity index (χ4v) is 2.37. The minimum absolute atomic E-state index is 0.604. The van der Waals surface area contributed by atoms with Gasteiger partial charge in [0.25, 0.3) is 0 Å².